The first-order valence-corrected chi connectivity index (χ1v) is 4.36. The van der Waals surface area contributed by atoms with Crippen molar-refractivity contribution >= 4 is 46.0 Å². The first-order chi connectivity index (χ1) is 6.61. The number of thiocarbonyl (C=S) groups is 1. The van der Waals surface area contributed by atoms with Crippen molar-refractivity contribution in [3.05, 3.63) is 30.3 Å². The molecular weight excluding hydrogens is 280 g/mol. The molecule has 6 heteroatoms. The molecule has 1 aromatic rings. The lowest BCUT2D eigenvalue weighted by atomic mass is 10.3. The number of hydrogen-bond acceptors (Lipinski definition) is 2. The van der Waals surface area contributed by atoms with E-state index in [1.165, 1.54) is 4.90 Å². The van der Waals surface area contributed by atoms with E-state index in [0.29, 0.717) is 5.69 Å². The van der Waals surface area contributed by atoms with Crippen molar-refractivity contribution in [3.63, 3.8) is 0 Å². The Hall–Kier alpha value is -1.14. The predicted octanol–water partition coefficient (Wildman–Crippen LogP) is 1.40. The maximum absolute atomic E-state index is 10.5. The smallest absolute Gasteiger partial charge is 0.323 e. The van der Waals surface area contributed by atoms with Crippen LogP contribution in [0.3, 0.4) is 0 Å². The Kier molecular flexibility index (Phi) is 5.88. The van der Waals surface area contributed by atoms with Crippen molar-refractivity contribution < 1.29 is 9.90 Å². The molecule has 0 heterocycles. The lowest BCUT2D eigenvalue weighted by Gasteiger charge is -2.20. The summed E-state index contributed by atoms with van der Waals surface area (Å²) in [5, 5.41) is 8.69. The Balaban J connectivity index is 0.00000196. The van der Waals surface area contributed by atoms with E-state index in [1.807, 2.05) is 6.07 Å². The van der Waals surface area contributed by atoms with Crippen LogP contribution in [0.4, 0.5) is 5.69 Å². The molecular formula is C9H11BrN2O2S. The Bertz CT molecular complexity index is 345. The van der Waals surface area contributed by atoms with Gasteiger partial charge in [0.05, 0.1) is 0 Å². The van der Waals surface area contributed by atoms with Crippen LogP contribution >= 0.6 is 29.2 Å². The van der Waals surface area contributed by atoms with Gasteiger partial charge in [0.25, 0.3) is 0 Å². The minimum Gasteiger partial charge on any atom is -0.480 e. The molecule has 1 aromatic carbocycles. The Morgan fingerprint density at radius 3 is 2.33 bits per heavy atom. The molecule has 0 unspecified atom stereocenters. The normalized spacial score (nSPS) is 8.80. The lowest BCUT2D eigenvalue weighted by molar-refractivity contribution is -0.135. The number of para-hydroxylation sites is 1. The van der Waals surface area contributed by atoms with Gasteiger partial charge >= 0.3 is 5.97 Å². The number of aliphatic carboxylic acids is 1. The number of rotatable bonds is 3. The Labute approximate surface area is 103 Å². The van der Waals surface area contributed by atoms with E-state index in [9.17, 15) is 4.79 Å². The first kappa shape index (κ1) is 13.9. The monoisotopic (exact) mass is 290 g/mol. The zero-order chi connectivity index (χ0) is 10.6. The molecule has 82 valence electrons. The molecule has 0 aliphatic heterocycles. The number of carbonyl (C=O) groups is 1. The molecule has 4 nitrogen and oxygen atoms in total. The third-order valence-corrected chi connectivity index (χ3v) is 1.85. The summed E-state index contributed by atoms with van der Waals surface area (Å²) in [6.45, 7) is -0.223. The van der Waals surface area contributed by atoms with Crippen molar-refractivity contribution in [2.75, 3.05) is 11.4 Å². The summed E-state index contributed by atoms with van der Waals surface area (Å²) in [6.07, 6.45) is 0. The number of halogens is 1. The molecule has 0 saturated carbocycles. The molecule has 0 aliphatic rings. The molecule has 3 N–H and O–H groups in total. The largest absolute Gasteiger partial charge is 0.480 e. The number of benzene rings is 1. The molecule has 0 radical (unpaired) electrons. The van der Waals surface area contributed by atoms with Crippen LogP contribution in [0, 0.1) is 0 Å². The van der Waals surface area contributed by atoms with Crippen LogP contribution in [-0.2, 0) is 4.79 Å². The zero-order valence-electron chi connectivity index (χ0n) is 7.79. The summed E-state index contributed by atoms with van der Waals surface area (Å²) in [5.41, 5.74) is 6.09. The second kappa shape index (κ2) is 6.36. The fourth-order valence-electron chi connectivity index (χ4n) is 1.04. The lowest BCUT2D eigenvalue weighted by Crippen LogP contribution is -2.39. The Morgan fingerprint density at radius 2 is 1.93 bits per heavy atom. The summed E-state index contributed by atoms with van der Waals surface area (Å²) in [7, 11) is 0. The fourth-order valence-corrected chi connectivity index (χ4v) is 1.21. The van der Waals surface area contributed by atoms with E-state index in [-0.39, 0.29) is 28.6 Å². The first-order valence-electron chi connectivity index (χ1n) is 3.95. The summed E-state index contributed by atoms with van der Waals surface area (Å²) in [5.74, 6) is -0.971. The summed E-state index contributed by atoms with van der Waals surface area (Å²) in [6, 6.07) is 8.93. The van der Waals surface area contributed by atoms with Gasteiger partial charge in [-0.1, -0.05) is 18.2 Å². The molecule has 0 amide bonds. The Morgan fingerprint density at radius 1 is 1.40 bits per heavy atom. The third kappa shape index (κ3) is 4.26. The predicted molar refractivity (Wildman–Crippen MR) is 68.5 cm³/mol. The second-order valence-electron chi connectivity index (χ2n) is 2.65. The molecule has 15 heavy (non-hydrogen) atoms. The van der Waals surface area contributed by atoms with Gasteiger partial charge in [-0.2, -0.15) is 0 Å². The van der Waals surface area contributed by atoms with E-state index < -0.39 is 5.97 Å². The van der Waals surface area contributed by atoms with Crippen LogP contribution in [0.15, 0.2) is 30.3 Å². The van der Waals surface area contributed by atoms with Crippen LogP contribution in [0.2, 0.25) is 0 Å². The van der Waals surface area contributed by atoms with Gasteiger partial charge in [0.1, 0.15) is 6.54 Å². The van der Waals surface area contributed by atoms with E-state index in [4.69, 9.17) is 23.1 Å². The van der Waals surface area contributed by atoms with Crippen molar-refractivity contribution in [1.29, 1.82) is 0 Å². The standard InChI is InChI=1S/C9H10N2O2S.BrH/c10-9(14)11(6-8(12)13)7-4-2-1-3-5-7;/h1-5H,6H2,(H2,10,14)(H,12,13);1H. The number of nitrogens with zero attached hydrogens (tertiary/aromatic N) is 1. The van der Waals surface area contributed by atoms with E-state index in [2.05, 4.69) is 0 Å². The second-order valence-corrected chi connectivity index (χ2v) is 3.07. The average Bonchev–Trinajstić information content (AvgIpc) is 2.15. The highest BCUT2D eigenvalue weighted by atomic mass is 79.9. The molecule has 1 rings (SSSR count). The average molecular weight is 291 g/mol. The molecule has 0 bridgehead atoms. The minimum absolute atomic E-state index is 0. The maximum Gasteiger partial charge on any atom is 0.323 e. The molecule has 0 spiro atoms. The quantitative estimate of drug-likeness (QED) is 0.824. The van der Waals surface area contributed by atoms with Crippen molar-refractivity contribution in [2.45, 2.75) is 0 Å². The number of hydrogen-bond donors (Lipinski definition) is 2. The van der Waals surface area contributed by atoms with Crippen LogP contribution < -0.4 is 10.6 Å². The zero-order valence-corrected chi connectivity index (χ0v) is 10.3. The number of carboxylic acids is 1. The van der Waals surface area contributed by atoms with E-state index in [0.717, 1.165) is 0 Å². The number of nitrogens with two attached hydrogens (primary N) is 1. The highest BCUT2D eigenvalue weighted by Crippen LogP contribution is 2.12. The van der Waals surface area contributed by atoms with Gasteiger partial charge in [0.2, 0.25) is 0 Å². The maximum atomic E-state index is 10.5. The molecule has 0 saturated heterocycles. The van der Waals surface area contributed by atoms with Gasteiger partial charge in [-0.25, -0.2) is 0 Å². The summed E-state index contributed by atoms with van der Waals surface area (Å²) >= 11 is 4.76. The van der Waals surface area contributed by atoms with Gasteiger partial charge < -0.3 is 15.7 Å². The van der Waals surface area contributed by atoms with Gasteiger partial charge in [-0.3, -0.25) is 4.79 Å². The molecule has 0 atom stereocenters. The van der Waals surface area contributed by atoms with Crippen molar-refractivity contribution in [1.82, 2.24) is 0 Å². The third-order valence-electron chi connectivity index (χ3n) is 1.63. The van der Waals surface area contributed by atoms with Crippen LogP contribution in [0.25, 0.3) is 0 Å². The highest BCUT2D eigenvalue weighted by molar-refractivity contribution is 8.93. The van der Waals surface area contributed by atoms with Crippen molar-refractivity contribution in [3.8, 4) is 0 Å². The van der Waals surface area contributed by atoms with Crippen LogP contribution in [0.1, 0.15) is 0 Å². The molecule has 0 aromatic heterocycles. The summed E-state index contributed by atoms with van der Waals surface area (Å²) < 4.78 is 0. The minimum atomic E-state index is -0.971. The SMILES string of the molecule is Br.NC(=S)N(CC(=O)O)c1ccccc1. The van der Waals surface area contributed by atoms with Gasteiger partial charge in [0.15, 0.2) is 5.11 Å². The van der Waals surface area contributed by atoms with Gasteiger partial charge in [0, 0.05) is 5.69 Å². The summed E-state index contributed by atoms with van der Waals surface area (Å²) in [4.78, 5) is 11.9. The molecule has 0 aliphatic carbocycles. The van der Waals surface area contributed by atoms with Gasteiger partial charge in [-0.15, -0.1) is 17.0 Å². The highest BCUT2D eigenvalue weighted by Gasteiger charge is 2.12. The van der Waals surface area contributed by atoms with E-state index in [1.54, 1.807) is 24.3 Å². The van der Waals surface area contributed by atoms with Gasteiger partial charge in [-0.05, 0) is 24.4 Å². The van der Waals surface area contributed by atoms with Crippen LogP contribution in [0.5, 0.6) is 0 Å². The number of anilines is 1. The van der Waals surface area contributed by atoms with E-state index >= 15 is 0 Å². The topological polar surface area (TPSA) is 66.6 Å². The van der Waals surface area contributed by atoms with Crippen molar-refractivity contribution in [2.24, 2.45) is 5.73 Å². The number of carboxylic acid groups (broad SMARTS) is 1. The molecule has 0 fully saturated rings. The fraction of sp³-hybridized carbons (Fsp3) is 0.111. The van der Waals surface area contributed by atoms with Crippen LogP contribution in [-0.4, -0.2) is 22.7 Å².